The van der Waals surface area contributed by atoms with Crippen molar-refractivity contribution < 1.29 is 32.5 Å². The van der Waals surface area contributed by atoms with Crippen LogP contribution in [0.15, 0.2) is 48.5 Å². The van der Waals surface area contributed by atoms with Gasteiger partial charge in [-0.3, -0.25) is 4.79 Å². The van der Waals surface area contributed by atoms with Crippen molar-refractivity contribution in [2.75, 3.05) is 7.11 Å². The van der Waals surface area contributed by atoms with Crippen molar-refractivity contribution in [1.29, 1.82) is 0 Å². The van der Waals surface area contributed by atoms with E-state index in [2.05, 4.69) is 4.98 Å². The van der Waals surface area contributed by atoms with Crippen LogP contribution in [0.4, 0.5) is 13.2 Å². The van der Waals surface area contributed by atoms with Gasteiger partial charge in [0.1, 0.15) is 23.8 Å². The number of aromatic nitrogens is 1. The molecule has 0 saturated heterocycles. The molecule has 2 aromatic carbocycles. The standard InChI is InChI=1S/C21H18F3NO4/c1-28-18-11-19(21(22,23)24)25-17-8-4-14(10-16(17)18)12-29-15-6-2-13(3-7-15)5-9-20(26)27/h2-4,6-8,10-11H,5,9,12H2,1H3,(H,26,27). The molecule has 3 aromatic rings. The van der Waals surface area contributed by atoms with Crippen molar-refractivity contribution in [3.8, 4) is 11.5 Å². The van der Waals surface area contributed by atoms with Crippen LogP contribution in [0.1, 0.15) is 23.2 Å². The Morgan fingerprint density at radius 3 is 2.38 bits per heavy atom. The van der Waals surface area contributed by atoms with Crippen LogP contribution in [-0.4, -0.2) is 23.2 Å². The summed E-state index contributed by atoms with van der Waals surface area (Å²) >= 11 is 0. The largest absolute Gasteiger partial charge is 0.496 e. The van der Waals surface area contributed by atoms with Crippen molar-refractivity contribution in [3.63, 3.8) is 0 Å². The molecule has 0 unspecified atom stereocenters. The number of carboxylic acid groups (broad SMARTS) is 1. The van der Waals surface area contributed by atoms with E-state index in [-0.39, 0.29) is 24.3 Å². The highest BCUT2D eigenvalue weighted by molar-refractivity contribution is 5.86. The number of nitrogens with zero attached hydrogens (tertiary/aromatic N) is 1. The molecule has 1 heterocycles. The molecule has 8 heteroatoms. The monoisotopic (exact) mass is 405 g/mol. The van der Waals surface area contributed by atoms with E-state index in [9.17, 15) is 18.0 Å². The Balaban J connectivity index is 1.74. The van der Waals surface area contributed by atoms with E-state index in [0.29, 0.717) is 17.6 Å². The van der Waals surface area contributed by atoms with Gasteiger partial charge >= 0.3 is 12.1 Å². The van der Waals surface area contributed by atoms with E-state index in [1.807, 2.05) is 0 Å². The number of aryl methyl sites for hydroxylation is 1. The number of pyridine rings is 1. The number of fused-ring (bicyclic) bond motifs is 1. The number of rotatable bonds is 7. The van der Waals surface area contributed by atoms with Gasteiger partial charge in [0.25, 0.3) is 0 Å². The molecule has 0 aliphatic carbocycles. The maximum Gasteiger partial charge on any atom is 0.433 e. The molecule has 1 aromatic heterocycles. The quantitative estimate of drug-likeness (QED) is 0.608. The van der Waals surface area contributed by atoms with Crippen LogP contribution in [0, 0.1) is 0 Å². The van der Waals surface area contributed by atoms with Gasteiger partial charge in [-0.2, -0.15) is 13.2 Å². The van der Waals surface area contributed by atoms with Crippen LogP contribution in [-0.2, 0) is 24.0 Å². The fraction of sp³-hybridized carbons (Fsp3) is 0.238. The molecule has 0 aliphatic rings. The normalized spacial score (nSPS) is 11.4. The fourth-order valence-corrected chi connectivity index (χ4v) is 2.82. The second-order valence-corrected chi connectivity index (χ2v) is 6.39. The number of hydrogen-bond acceptors (Lipinski definition) is 4. The Hall–Kier alpha value is -3.29. The van der Waals surface area contributed by atoms with Crippen LogP contribution in [0.5, 0.6) is 11.5 Å². The average molecular weight is 405 g/mol. The summed E-state index contributed by atoms with van der Waals surface area (Å²) in [6.07, 6.45) is -4.06. The van der Waals surface area contributed by atoms with Crippen LogP contribution < -0.4 is 9.47 Å². The SMILES string of the molecule is COc1cc(C(F)(F)F)nc2ccc(COc3ccc(CCC(=O)O)cc3)cc12. The lowest BCUT2D eigenvalue weighted by molar-refractivity contribution is -0.141. The third-order valence-electron chi connectivity index (χ3n) is 4.30. The molecule has 0 atom stereocenters. The van der Waals surface area contributed by atoms with E-state index in [0.717, 1.165) is 17.2 Å². The topological polar surface area (TPSA) is 68.7 Å². The van der Waals surface area contributed by atoms with Gasteiger partial charge in [0.05, 0.1) is 12.6 Å². The summed E-state index contributed by atoms with van der Waals surface area (Å²) in [6.45, 7) is 0.203. The van der Waals surface area contributed by atoms with Gasteiger partial charge in [-0.1, -0.05) is 18.2 Å². The predicted molar refractivity (Wildman–Crippen MR) is 100 cm³/mol. The lowest BCUT2D eigenvalue weighted by Crippen LogP contribution is -2.08. The summed E-state index contributed by atoms with van der Waals surface area (Å²) in [7, 11) is 1.31. The van der Waals surface area contributed by atoms with Crippen LogP contribution in [0.2, 0.25) is 0 Å². The highest BCUT2D eigenvalue weighted by atomic mass is 19.4. The minimum Gasteiger partial charge on any atom is -0.496 e. The van der Waals surface area contributed by atoms with E-state index in [1.54, 1.807) is 36.4 Å². The Morgan fingerprint density at radius 2 is 1.76 bits per heavy atom. The zero-order valence-corrected chi connectivity index (χ0v) is 15.5. The van der Waals surface area contributed by atoms with Crippen LogP contribution in [0.25, 0.3) is 10.9 Å². The number of carbonyl (C=O) groups is 1. The molecule has 0 aliphatic heterocycles. The summed E-state index contributed by atoms with van der Waals surface area (Å²) < 4.78 is 49.7. The van der Waals surface area contributed by atoms with Crippen LogP contribution >= 0.6 is 0 Å². The number of hydrogen-bond donors (Lipinski definition) is 1. The van der Waals surface area contributed by atoms with E-state index < -0.39 is 17.8 Å². The average Bonchev–Trinajstić information content (AvgIpc) is 2.69. The molecule has 152 valence electrons. The Labute approximate surface area is 164 Å². The summed E-state index contributed by atoms with van der Waals surface area (Å²) in [6, 6.07) is 12.8. The first-order valence-electron chi connectivity index (χ1n) is 8.74. The predicted octanol–water partition coefficient (Wildman–Crippen LogP) is 4.86. The lowest BCUT2D eigenvalue weighted by Gasteiger charge is -2.12. The fourth-order valence-electron chi connectivity index (χ4n) is 2.82. The number of ether oxygens (including phenoxy) is 2. The first kappa shape index (κ1) is 20.4. The maximum absolute atomic E-state index is 13.0. The molecule has 0 fully saturated rings. The molecule has 0 radical (unpaired) electrons. The highest BCUT2D eigenvalue weighted by Gasteiger charge is 2.33. The minimum absolute atomic E-state index is 0.0587. The zero-order chi connectivity index (χ0) is 21.0. The Kier molecular flexibility index (Phi) is 5.91. The summed E-state index contributed by atoms with van der Waals surface area (Å²) in [4.78, 5) is 14.3. The molecule has 0 amide bonds. The van der Waals surface area contributed by atoms with Gasteiger partial charge < -0.3 is 14.6 Å². The third kappa shape index (κ3) is 5.16. The summed E-state index contributed by atoms with van der Waals surface area (Å²) in [5, 5.41) is 9.18. The van der Waals surface area contributed by atoms with Crippen LogP contribution in [0.3, 0.4) is 0 Å². The molecule has 29 heavy (non-hydrogen) atoms. The summed E-state index contributed by atoms with van der Waals surface area (Å²) in [5.74, 6) is -0.164. The number of aliphatic carboxylic acids is 1. The zero-order valence-electron chi connectivity index (χ0n) is 15.5. The summed E-state index contributed by atoms with van der Waals surface area (Å²) in [5.41, 5.74) is 0.811. The molecule has 1 N–H and O–H groups in total. The van der Waals surface area contributed by atoms with Gasteiger partial charge in [0.2, 0.25) is 0 Å². The minimum atomic E-state index is -4.56. The van der Waals surface area contributed by atoms with Gasteiger partial charge in [0, 0.05) is 17.9 Å². The first-order chi connectivity index (χ1) is 13.8. The number of carboxylic acids is 1. The van der Waals surface area contributed by atoms with Gasteiger partial charge in [-0.25, -0.2) is 4.98 Å². The smallest absolute Gasteiger partial charge is 0.433 e. The number of benzene rings is 2. The molecular weight excluding hydrogens is 387 g/mol. The highest BCUT2D eigenvalue weighted by Crippen LogP contribution is 2.34. The molecule has 0 saturated carbocycles. The molecule has 3 rings (SSSR count). The molecule has 0 spiro atoms. The van der Waals surface area contributed by atoms with Gasteiger partial charge in [-0.05, 0) is 41.8 Å². The number of halogens is 3. The molecule has 0 bridgehead atoms. The van der Waals surface area contributed by atoms with E-state index in [4.69, 9.17) is 14.6 Å². The maximum atomic E-state index is 13.0. The van der Waals surface area contributed by atoms with Crippen molar-refractivity contribution in [1.82, 2.24) is 4.98 Å². The van der Waals surface area contributed by atoms with E-state index >= 15 is 0 Å². The van der Waals surface area contributed by atoms with Crippen molar-refractivity contribution >= 4 is 16.9 Å². The van der Waals surface area contributed by atoms with Crippen molar-refractivity contribution in [3.05, 3.63) is 65.4 Å². The van der Waals surface area contributed by atoms with Gasteiger partial charge in [-0.15, -0.1) is 0 Å². The van der Waals surface area contributed by atoms with Gasteiger partial charge in [0.15, 0.2) is 0 Å². The molecule has 5 nitrogen and oxygen atoms in total. The Bertz CT molecular complexity index is 1020. The second-order valence-electron chi connectivity index (χ2n) is 6.39. The third-order valence-corrected chi connectivity index (χ3v) is 4.30. The van der Waals surface area contributed by atoms with Crippen molar-refractivity contribution in [2.24, 2.45) is 0 Å². The lowest BCUT2D eigenvalue weighted by atomic mass is 10.1. The number of alkyl halides is 3. The first-order valence-corrected chi connectivity index (χ1v) is 8.74. The Morgan fingerprint density at radius 1 is 1.07 bits per heavy atom. The number of methoxy groups -OCH3 is 1. The van der Waals surface area contributed by atoms with Crippen molar-refractivity contribution in [2.45, 2.75) is 25.6 Å². The second kappa shape index (κ2) is 8.38. The van der Waals surface area contributed by atoms with E-state index in [1.165, 1.54) is 13.2 Å². The molecular formula is C21H18F3NO4.